The molecule has 2 N–H and O–H groups in total. The van der Waals surface area contributed by atoms with E-state index in [1.807, 2.05) is 0 Å². The van der Waals surface area contributed by atoms with Crippen LogP contribution in [-0.2, 0) is 4.79 Å². The monoisotopic (exact) mass is 264 g/mol. The molecule has 19 heavy (non-hydrogen) atoms. The van der Waals surface area contributed by atoms with Crippen molar-refractivity contribution >= 4 is 5.91 Å². The number of nitrogens with two attached hydrogens (primary N) is 1. The van der Waals surface area contributed by atoms with Crippen molar-refractivity contribution in [3.8, 4) is 0 Å². The fourth-order valence-electron chi connectivity index (χ4n) is 4.81. The molecule has 3 heteroatoms. The number of fused-ring (bicyclic) bond motifs is 1. The summed E-state index contributed by atoms with van der Waals surface area (Å²) in [7, 11) is 0. The molecule has 3 fully saturated rings. The zero-order valence-electron chi connectivity index (χ0n) is 12.2. The average molecular weight is 264 g/mol. The minimum absolute atomic E-state index is 0.383. The van der Waals surface area contributed by atoms with Crippen molar-refractivity contribution in [2.45, 2.75) is 57.9 Å². The Kier molecular flexibility index (Phi) is 3.84. The number of carbonyl (C=O) groups excluding carboxylic acids is 1. The van der Waals surface area contributed by atoms with E-state index in [0.717, 1.165) is 24.9 Å². The maximum absolute atomic E-state index is 12.8. The molecule has 1 amide bonds. The molecule has 0 saturated heterocycles. The lowest BCUT2D eigenvalue weighted by Crippen LogP contribution is -2.48. The van der Waals surface area contributed by atoms with Crippen molar-refractivity contribution < 1.29 is 4.79 Å². The smallest absolute Gasteiger partial charge is 0.226 e. The summed E-state index contributed by atoms with van der Waals surface area (Å²) in [6.07, 6.45) is 8.88. The standard InChI is InChI=1S/C16H28N2O/c1-2-18(14-9-4-3-6-11(14)10-17)16(19)15-12-7-5-8-13(12)15/h11-15H,2-10,17H2,1H3. The fraction of sp³-hybridized carbons (Fsp3) is 0.938. The summed E-state index contributed by atoms with van der Waals surface area (Å²) in [5.74, 6) is 2.86. The summed E-state index contributed by atoms with van der Waals surface area (Å²) in [4.78, 5) is 15.0. The number of rotatable bonds is 4. The van der Waals surface area contributed by atoms with Crippen LogP contribution in [0.25, 0.3) is 0 Å². The maximum Gasteiger partial charge on any atom is 0.226 e. The van der Waals surface area contributed by atoms with Gasteiger partial charge in [0, 0.05) is 18.5 Å². The summed E-state index contributed by atoms with van der Waals surface area (Å²) in [6.45, 7) is 3.75. The van der Waals surface area contributed by atoms with E-state index < -0.39 is 0 Å². The first-order valence-electron chi connectivity index (χ1n) is 8.28. The van der Waals surface area contributed by atoms with Crippen LogP contribution in [0, 0.1) is 23.7 Å². The highest BCUT2D eigenvalue weighted by Gasteiger charge is 2.58. The molecular formula is C16H28N2O. The Labute approximate surface area is 116 Å². The Bertz CT molecular complexity index is 334. The second kappa shape index (κ2) is 5.43. The van der Waals surface area contributed by atoms with Crippen molar-refractivity contribution in [1.29, 1.82) is 0 Å². The van der Waals surface area contributed by atoms with Crippen molar-refractivity contribution in [3.05, 3.63) is 0 Å². The fourth-order valence-corrected chi connectivity index (χ4v) is 4.81. The van der Waals surface area contributed by atoms with Gasteiger partial charge in [0.05, 0.1) is 0 Å². The van der Waals surface area contributed by atoms with E-state index in [2.05, 4.69) is 11.8 Å². The molecule has 3 nitrogen and oxygen atoms in total. The average Bonchev–Trinajstić information content (AvgIpc) is 2.93. The molecule has 3 aliphatic rings. The number of amides is 1. The van der Waals surface area contributed by atoms with Crippen molar-refractivity contribution in [1.82, 2.24) is 4.90 Å². The van der Waals surface area contributed by atoms with Crippen LogP contribution in [0.15, 0.2) is 0 Å². The molecule has 4 atom stereocenters. The van der Waals surface area contributed by atoms with Gasteiger partial charge in [-0.05, 0) is 56.9 Å². The van der Waals surface area contributed by atoms with Gasteiger partial charge in [-0.25, -0.2) is 0 Å². The Morgan fingerprint density at radius 3 is 2.42 bits per heavy atom. The molecule has 0 bridgehead atoms. The third-order valence-corrected chi connectivity index (χ3v) is 5.89. The lowest BCUT2D eigenvalue weighted by atomic mass is 9.83. The highest BCUT2D eigenvalue weighted by molar-refractivity contribution is 5.83. The lowest BCUT2D eigenvalue weighted by Gasteiger charge is -2.39. The van der Waals surface area contributed by atoms with Crippen LogP contribution in [0.1, 0.15) is 51.9 Å². The Morgan fingerprint density at radius 2 is 1.79 bits per heavy atom. The first-order valence-corrected chi connectivity index (χ1v) is 8.28. The Morgan fingerprint density at radius 1 is 1.11 bits per heavy atom. The van der Waals surface area contributed by atoms with Gasteiger partial charge in [0.15, 0.2) is 0 Å². The molecule has 0 aromatic heterocycles. The van der Waals surface area contributed by atoms with Crippen LogP contribution >= 0.6 is 0 Å². The minimum atomic E-state index is 0.383. The van der Waals surface area contributed by atoms with E-state index in [1.54, 1.807) is 0 Å². The van der Waals surface area contributed by atoms with E-state index in [9.17, 15) is 4.79 Å². The summed E-state index contributed by atoms with van der Waals surface area (Å²) in [6, 6.07) is 0.428. The van der Waals surface area contributed by atoms with Gasteiger partial charge in [-0.15, -0.1) is 0 Å². The van der Waals surface area contributed by atoms with E-state index in [4.69, 9.17) is 5.73 Å². The quantitative estimate of drug-likeness (QED) is 0.847. The molecular weight excluding hydrogens is 236 g/mol. The van der Waals surface area contributed by atoms with E-state index in [0.29, 0.717) is 23.8 Å². The highest BCUT2D eigenvalue weighted by atomic mass is 16.2. The topological polar surface area (TPSA) is 46.3 Å². The van der Waals surface area contributed by atoms with Gasteiger partial charge in [0.2, 0.25) is 5.91 Å². The number of hydrogen-bond acceptors (Lipinski definition) is 2. The molecule has 3 saturated carbocycles. The van der Waals surface area contributed by atoms with Gasteiger partial charge >= 0.3 is 0 Å². The molecule has 0 aromatic rings. The maximum atomic E-state index is 12.8. The zero-order chi connectivity index (χ0) is 13.4. The van der Waals surface area contributed by atoms with Crippen LogP contribution in [0.2, 0.25) is 0 Å². The van der Waals surface area contributed by atoms with E-state index in [-0.39, 0.29) is 0 Å². The Hall–Kier alpha value is -0.570. The minimum Gasteiger partial charge on any atom is -0.339 e. The lowest BCUT2D eigenvalue weighted by molar-refractivity contribution is -0.137. The van der Waals surface area contributed by atoms with Gasteiger partial charge in [-0.3, -0.25) is 4.79 Å². The van der Waals surface area contributed by atoms with Crippen LogP contribution in [0.5, 0.6) is 0 Å². The van der Waals surface area contributed by atoms with E-state index >= 15 is 0 Å². The SMILES string of the molecule is CCN(C(=O)C1C2CCCC21)C1CCCCC1CN. The van der Waals surface area contributed by atoms with Gasteiger partial charge in [-0.1, -0.05) is 19.3 Å². The highest BCUT2D eigenvalue weighted by Crippen LogP contribution is 2.58. The van der Waals surface area contributed by atoms with Crippen molar-refractivity contribution in [2.24, 2.45) is 29.4 Å². The van der Waals surface area contributed by atoms with Gasteiger partial charge < -0.3 is 10.6 Å². The molecule has 3 rings (SSSR count). The second-order valence-corrected chi connectivity index (χ2v) is 6.76. The van der Waals surface area contributed by atoms with Crippen LogP contribution < -0.4 is 5.73 Å². The molecule has 0 aromatic carbocycles. The molecule has 0 radical (unpaired) electrons. The summed E-state index contributed by atoms with van der Waals surface area (Å²) in [5, 5.41) is 0. The van der Waals surface area contributed by atoms with E-state index in [1.165, 1.54) is 44.9 Å². The Balaban J connectivity index is 1.67. The van der Waals surface area contributed by atoms with Gasteiger partial charge in [0.25, 0.3) is 0 Å². The number of nitrogens with zero attached hydrogens (tertiary/aromatic N) is 1. The van der Waals surface area contributed by atoms with Crippen LogP contribution in [0.3, 0.4) is 0 Å². The van der Waals surface area contributed by atoms with Crippen molar-refractivity contribution in [2.75, 3.05) is 13.1 Å². The van der Waals surface area contributed by atoms with Crippen molar-refractivity contribution in [3.63, 3.8) is 0 Å². The predicted octanol–water partition coefficient (Wildman–Crippen LogP) is 2.40. The normalized spacial score (nSPS) is 40.8. The first kappa shape index (κ1) is 13.4. The largest absolute Gasteiger partial charge is 0.339 e. The van der Waals surface area contributed by atoms with Crippen LogP contribution in [-0.4, -0.2) is 29.9 Å². The molecule has 3 aliphatic carbocycles. The number of carbonyl (C=O) groups is 1. The van der Waals surface area contributed by atoms with Gasteiger partial charge in [-0.2, -0.15) is 0 Å². The predicted molar refractivity (Wildman–Crippen MR) is 76.5 cm³/mol. The molecule has 0 heterocycles. The first-order chi connectivity index (χ1) is 9.27. The molecule has 0 spiro atoms. The molecule has 108 valence electrons. The summed E-state index contributed by atoms with van der Waals surface area (Å²) < 4.78 is 0. The third kappa shape index (κ3) is 2.31. The van der Waals surface area contributed by atoms with Gasteiger partial charge in [0.1, 0.15) is 0 Å². The molecule has 0 aliphatic heterocycles. The number of hydrogen-bond donors (Lipinski definition) is 1. The summed E-state index contributed by atoms with van der Waals surface area (Å²) >= 11 is 0. The van der Waals surface area contributed by atoms with Crippen LogP contribution in [0.4, 0.5) is 0 Å². The zero-order valence-corrected chi connectivity index (χ0v) is 12.2. The summed E-state index contributed by atoms with van der Waals surface area (Å²) in [5.41, 5.74) is 5.93. The third-order valence-electron chi connectivity index (χ3n) is 5.89. The second-order valence-electron chi connectivity index (χ2n) is 6.76. The molecule has 4 unspecified atom stereocenters.